The summed E-state index contributed by atoms with van der Waals surface area (Å²) in [6.45, 7) is 12.0. The van der Waals surface area contributed by atoms with E-state index < -0.39 is 6.10 Å². The predicted molar refractivity (Wildman–Crippen MR) is 140 cm³/mol. The maximum atomic E-state index is 13.2. The Balaban J connectivity index is 2.11. The molecule has 5 heteroatoms. The second kappa shape index (κ2) is 10.9. The van der Waals surface area contributed by atoms with E-state index in [4.69, 9.17) is 4.74 Å². The van der Waals surface area contributed by atoms with Gasteiger partial charge in [0.1, 0.15) is 34.7 Å². The Morgan fingerprint density at radius 2 is 1.34 bits per heavy atom. The molecule has 0 fully saturated rings. The van der Waals surface area contributed by atoms with E-state index in [9.17, 15) is 20.1 Å². The van der Waals surface area contributed by atoms with Crippen LogP contribution in [0.2, 0.25) is 0 Å². The molecule has 2 aromatic rings. The van der Waals surface area contributed by atoms with Crippen molar-refractivity contribution in [3.63, 3.8) is 0 Å². The highest BCUT2D eigenvalue weighted by Crippen LogP contribution is 2.46. The molecule has 5 nitrogen and oxygen atoms in total. The molecule has 0 aromatic heterocycles. The molecule has 2 aromatic carbocycles. The standard InChI is InChI=1S/C30H36O5/c1-17(2)7-10-20-13-22(14-21(29(20)34)11-8-18(3)4)27-16-26(33)28-25(32)15-24(31)23(30(28)35-27)12-9-19(5)6/h7-9,13-15,27,31-32,34H,10-12,16H2,1-6H3. The number of ether oxygens (including phenoxy) is 1. The number of carbonyl (C=O) groups is 1. The summed E-state index contributed by atoms with van der Waals surface area (Å²) in [4.78, 5) is 13.2. The average molecular weight is 477 g/mol. The first kappa shape index (κ1) is 26.1. The van der Waals surface area contributed by atoms with E-state index in [1.165, 1.54) is 6.07 Å². The number of carbonyl (C=O) groups excluding carboxylic acids is 1. The van der Waals surface area contributed by atoms with Gasteiger partial charge in [-0.3, -0.25) is 4.79 Å². The van der Waals surface area contributed by atoms with Crippen molar-refractivity contribution in [3.05, 3.63) is 81.0 Å². The number of fused-ring (bicyclic) bond motifs is 1. The van der Waals surface area contributed by atoms with Crippen molar-refractivity contribution >= 4 is 5.78 Å². The molecule has 0 bridgehead atoms. The van der Waals surface area contributed by atoms with Gasteiger partial charge in [-0.1, -0.05) is 34.9 Å². The van der Waals surface area contributed by atoms with Crippen LogP contribution in [0.25, 0.3) is 0 Å². The van der Waals surface area contributed by atoms with Crippen LogP contribution in [0.15, 0.2) is 53.1 Å². The molecule has 0 radical (unpaired) electrons. The van der Waals surface area contributed by atoms with Crippen LogP contribution in [0, 0.1) is 0 Å². The molecule has 0 saturated carbocycles. The Bertz CT molecular complexity index is 1180. The third-order valence-electron chi connectivity index (χ3n) is 6.09. The third kappa shape index (κ3) is 6.16. The van der Waals surface area contributed by atoms with Gasteiger partial charge >= 0.3 is 0 Å². The number of allylic oxidation sites excluding steroid dienone is 6. The largest absolute Gasteiger partial charge is 0.507 e. The first-order valence-corrected chi connectivity index (χ1v) is 12.0. The summed E-state index contributed by atoms with van der Waals surface area (Å²) in [6, 6.07) is 4.99. The van der Waals surface area contributed by atoms with E-state index in [2.05, 4.69) is 12.2 Å². The first-order chi connectivity index (χ1) is 16.5. The molecule has 0 saturated heterocycles. The fourth-order valence-electron chi connectivity index (χ4n) is 4.13. The molecule has 186 valence electrons. The molecule has 1 atom stereocenters. The normalized spacial score (nSPS) is 14.6. The van der Waals surface area contributed by atoms with Crippen LogP contribution in [-0.4, -0.2) is 21.1 Å². The predicted octanol–water partition coefficient (Wildman–Crippen LogP) is 7.04. The topological polar surface area (TPSA) is 87.0 Å². The summed E-state index contributed by atoms with van der Waals surface area (Å²) in [5.74, 6) is -0.138. The molecule has 0 amide bonds. The Kier molecular flexibility index (Phi) is 8.11. The molecule has 1 aliphatic heterocycles. The molecular weight excluding hydrogens is 440 g/mol. The van der Waals surface area contributed by atoms with Crippen LogP contribution in [0.4, 0.5) is 0 Å². The van der Waals surface area contributed by atoms with E-state index >= 15 is 0 Å². The molecule has 3 N–H and O–H groups in total. The van der Waals surface area contributed by atoms with Crippen LogP contribution in [-0.2, 0) is 19.3 Å². The molecule has 0 aliphatic carbocycles. The van der Waals surface area contributed by atoms with Gasteiger partial charge in [-0.05, 0) is 89.6 Å². The van der Waals surface area contributed by atoms with Gasteiger partial charge in [-0.2, -0.15) is 0 Å². The lowest BCUT2D eigenvalue weighted by atomic mass is 9.90. The van der Waals surface area contributed by atoms with Crippen LogP contribution in [0.5, 0.6) is 23.0 Å². The SMILES string of the molecule is CC(C)=CCc1cc(C2CC(=O)c3c(O)cc(O)c(CC=C(C)C)c3O2)cc(CC=C(C)C)c1O. The van der Waals surface area contributed by atoms with Crippen LogP contribution >= 0.6 is 0 Å². The number of phenols is 3. The van der Waals surface area contributed by atoms with E-state index in [0.29, 0.717) is 24.8 Å². The van der Waals surface area contributed by atoms with Crippen LogP contribution in [0.3, 0.4) is 0 Å². The zero-order valence-electron chi connectivity index (χ0n) is 21.5. The molecule has 0 spiro atoms. The first-order valence-electron chi connectivity index (χ1n) is 12.0. The van der Waals surface area contributed by atoms with Gasteiger partial charge in [0.15, 0.2) is 5.78 Å². The van der Waals surface area contributed by atoms with E-state index in [0.717, 1.165) is 33.4 Å². The minimum absolute atomic E-state index is 0.0579. The number of hydrogen-bond donors (Lipinski definition) is 3. The van der Waals surface area contributed by atoms with Crippen molar-refractivity contribution in [2.75, 3.05) is 0 Å². The zero-order chi connectivity index (χ0) is 25.9. The number of hydrogen-bond acceptors (Lipinski definition) is 5. The maximum absolute atomic E-state index is 13.2. The van der Waals surface area contributed by atoms with Crippen molar-refractivity contribution in [3.8, 4) is 23.0 Å². The highest BCUT2D eigenvalue weighted by atomic mass is 16.5. The number of benzene rings is 2. The maximum Gasteiger partial charge on any atom is 0.174 e. The molecule has 3 rings (SSSR count). The van der Waals surface area contributed by atoms with Crippen molar-refractivity contribution in [1.82, 2.24) is 0 Å². The van der Waals surface area contributed by atoms with E-state index in [1.54, 1.807) is 0 Å². The quantitative estimate of drug-likeness (QED) is 0.373. The summed E-state index contributed by atoms with van der Waals surface area (Å²) >= 11 is 0. The zero-order valence-corrected chi connectivity index (χ0v) is 21.5. The number of Topliss-reactive ketones (excluding diaryl/α,β-unsaturated/α-hetero) is 1. The van der Waals surface area contributed by atoms with Crippen molar-refractivity contribution in [2.24, 2.45) is 0 Å². The Morgan fingerprint density at radius 1 is 0.829 bits per heavy atom. The molecular formula is C30H36O5. The lowest BCUT2D eigenvalue weighted by Gasteiger charge is -2.29. The van der Waals surface area contributed by atoms with E-state index in [-0.39, 0.29) is 40.8 Å². The monoisotopic (exact) mass is 476 g/mol. The lowest BCUT2D eigenvalue weighted by Crippen LogP contribution is -2.22. The minimum Gasteiger partial charge on any atom is -0.507 e. The highest BCUT2D eigenvalue weighted by molar-refractivity contribution is 6.03. The Morgan fingerprint density at radius 3 is 1.86 bits per heavy atom. The van der Waals surface area contributed by atoms with Gasteiger partial charge in [0, 0.05) is 11.6 Å². The Hall–Kier alpha value is -3.47. The summed E-state index contributed by atoms with van der Waals surface area (Å²) in [7, 11) is 0. The van der Waals surface area contributed by atoms with E-state index in [1.807, 2.05) is 59.8 Å². The van der Waals surface area contributed by atoms with Gasteiger partial charge in [0.05, 0.1) is 6.42 Å². The summed E-state index contributed by atoms with van der Waals surface area (Å²) in [6.07, 6.45) is 7.02. The lowest BCUT2D eigenvalue weighted by molar-refractivity contribution is 0.0842. The summed E-state index contributed by atoms with van der Waals surface area (Å²) in [5, 5.41) is 31.9. The highest BCUT2D eigenvalue weighted by Gasteiger charge is 2.34. The molecule has 35 heavy (non-hydrogen) atoms. The van der Waals surface area contributed by atoms with Crippen molar-refractivity contribution in [2.45, 2.75) is 73.3 Å². The second-order valence-corrected chi connectivity index (χ2v) is 9.98. The molecule has 1 heterocycles. The van der Waals surface area contributed by atoms with Crippen molar-refractivity contribution in [1.29, 1.82) is 0 Å². The third-order valence-corrected chi connectivity index (χ3v) is 6.09. The summed E-state index contributed by atoms with van der Waals surface area (Å²) in [5.41, 5.74) is 6.28. The fraction of sp³-hybridized carbons (Fsp3) is 0.367. The van der Waals surface area contributed by atoms with Crippen LogP contribution in [0.1, 0.15) is 86.7 Å². The van der Waals surface area contributed by atoms with Gasteiger partial charge < -0.3 is 20.1 Å². The summed E-state index contributed by atoms with van der Waals surface area (Å²) < 4.78 is 6.33. The number of ketones is 1. The smallest absolute Gasteiger partial charge is 0.174 e. The second-order valence-electron chi connectivity index (χ2n) is 9.98. The molecule has 1 unspecified atom stereocenters. The average Bonchev–Trinajstić information content (AvgIpc) is 2.76. The minimum atomic E-state index is -0.599. The number of rotatable bonds is 7. The van der Waals surface area contributed by atoms with Gasteiger partial charge in [0.2, 0.25) is 0 Å². The van der Waals surface area contributed by atoms with Crippen molar-refractivity contribution < 1.29 is 24.9 Å². The van der Waals surface area contributed by atoms with Gasteiger partial charge in [-0.15, -0.1) is 0 Å². The van der Waals surface area contributed by atoms with Gasteiger partial charge in [0.25, 0.3) is 0 Å². The van der Waals surface area contributed by atoms with Gasteiger partial charge in [-0.25, -0.2) is 0 Å². The molecule has 1 aliphatic rings. The fourth-order valence-corrected chi connectivity index (χ4v) is 4.13. The Labute approximate surface area is 208 Å². The number of aromatic hydroxyl groups is 3. The van der Waals surface area contributed by atoms with Crippen LogP contribution < -0.4 is 4.74 Å². The number of phenolic OH excluding ortho intramolecular Hbond substituents is 3.